The van der Waals surface area contributed by atoms with Gasteiger partial charge in [-0.15, -0.1) is 0 Å². The summed E-state index contributed by atoms with van der Waals surface area (Å²) in [5.41, 5.74) is -1.68. The molecule has 1 aromatic rings. The van der Waals surface area contributed by atoms with E-state index in [1.54, 1.807) is 0 Å². The molecule has 0 bridgehead atoms. The Balaban J connectivity index is 1.84. The monoisotopic (exact) mass is 395 g/mol. The number of halogens is 3. The predicted molar refractivity (Wildman–Crippen MR) is 87.8 cm³/mol. The Morgan fingerprint density at radius 2 is 1.46 bits per heavy atom. The van der Waals surface area contributed by atoms with Crippen molar-refractivity contribution in [3.8, 4) is 0 Å². The Morgan fingerprint density at radius 3 is 2.11 bits per heavy atom. The van der Waals surface area contributed by atoms with Gasteiger partial charge in [-0.3, -0.25) is 29.4 Å². The van der Waals surface area contributed by atoms with Crippen LogP contribution in [-0.4, -0.2) is 47.7 Å². The van der Waals surface area contributed by atoms with Gasteiger partial charge in [-0.05, 0) is 38.3 Å². The topological polar surface area (TPSA) is 95.6 Å². The van der Waals surface area contributed by atoms with E-state index in [1.807, 2.05) is 5.32 Å². The van der Waals surface area contributed by atoms with Crippen LogP contribution < -0.4 is 10.6 Å². The van der Waals surface area contributed by atoms with Crippen LogP contribution in [0.2, 0.25) is 0 Å². The van der Waals surface area contributed by atoms with Gasteiger partial charge >= 0.3 is 0 Å². The zero-order chi connectivity index (χ0) is 20.2. The number of amides is 4. The molecule has 3 aliphatic heterocycles. The Bertz CT molecular complexity index is 927. The number of hydrogen-bond acceptors (Lipinski definition) is 5. The first-order valence-corrected chi connectivity index (χ1v) is 8.95. The summed E-state index contributed by atoms with van der Waals surface area (Å²) in [4.78, 5) is 49.7. The number of imide groups is 2. The second-order valence-electron chi connectivity index (χ2n) is 7.08. The molecule has 7 nitrogen and oxygen atoms in total. The molecule has 28 heavy (non-hydrogen) atoms. The van der Waals surface area contributed by atoms with Gasteiger partial charge in [0.15, 0.2) is 17.5 Å². The van der Waals surface area contributed by atoms with E-state index in [2.05, 4.69) is 5.32 Å². The average molecular weight is 395 g/mol. The van der Waals surface area contributed by atoms with Crippen LogP contribution in [0.4, 0.5) is 13.2 Å². The van der Waals surface area contributed by atoms with Gasteiger partial charge in [-0.2, -0.15) is 0 Å². The fourth-order valence-corrected chi connectivity index (χ4v) is 4.14. The lowest BCUT2D eigenvalue weighted by Gasteiger charge is -2.28. The summed E-state index contributed by atoms with van der Waals surface area (Å²) < 4.78 is 43.3. The quantitative estimate of drug-likeness (QED) is 0.575. The van der Waals surface area contributed by atoms with Crippen molar-refractivity contribution < 1.29 is 32.3 Å². The van der Waals surface area contributed by atoms with Crippen LogP contribution in [0.5, 0.6) is 0 Å². The SMILES string of the molecule is O=C1CCC(N2C(=O)c3c(F)c(F)c(F)c(C4CCNCC4)c3C2=O)C(=O)N1. The van der Waals surface area contributed by atoms with Crippen LogP contribution in [0, 0.1) is 17.5 Å². The van der Waals surface area contributed by atoms with E-state index in [9.17, 15) is 32.3 Å². The number of nitrogens with zero attached hydrogens (tertiary/aromatic N) is 1. The lowest BCUT2D eigenvalue weighted by atomic mass is 9.85. The Kier molecular flexibility index (Phi) is 4.45. The van der Waals surface area contributed by atoms with Gasteiger partial charge in [0.2, 0.25) is 11.8 Å². The van der Waals surface area contributed by atoms with Crippen LogP contribution in [-0.2, 0) is 9.59 Å². The molecule has 1 aromatic carbocycles. The van der Waals surface area contributed by atoms with Crippen molar-refractivity contribution in [2.75, 3.05) is 13.1 Å². The molecule has 4 amide bonds. The molecule has 2 fully saturated rings. The van der Waals surface area contributed by atoms with Crippen molar-refractivity contribution in [3.63, 3.8) is 0 Å². The maximum absolute atomic E-state index is 14.7. The van der Waals surface area contributed by atoms with Crippen LogP contribution in [0.1, 0.15) is 57.9 Å². The van der Waals surface area contributed by atoms with Crippen molar-refractivity contribution in [2.24, 2.45) is 0 Å². The van der Waals surface area contributed by atoms with Gasteiger partial charge in [0.1, 0.15) is 6.04 Å². The van der Waals surface area contributed by atoms with Crippen molar-refractivity contribution >= 4 is 23.6 Å². The summed E-state index contributed by atoms with van der Waals surface area (Å²) in [6.07, 6.45) is 0.518. The summed E-state index contributed by atoms with van der Waals surface area (Å²) in [6, 6.07) is -1.34. The first kappa shape index (κ1) is 18.6. The minimum atomic E-state index is -1.81. The van der Waals surface area contributed by atoms with Gasteiger partial charge in [0.25, 0.3) is 11.8 Å². The Hall–Kier alpha value is -2.75. The van der Waals surface area contributed by atoms with E-state index in [1.165, 1.54) is 0 Å². The number of piperidine rings is 2. The van der Waals surface area contributed by atoms with E-state index in [0.29, 0.717) is 30.8 Å². The number of nitrogens with one attached hydrogen (secondary N) is 2. The zero-order valence-corrected chi connectivity index (χ0v) is 14.6. The van der Waals surface area contributed by atoms with Crippen LogP contribution in [0.3, 0.4) is 0 Å². The highest BCUT2D eigenvalue weighted by Crippen LogP contribution is 2.40. The number of carbonyl (C=O) groups is 4. The third-order valence-corrected chi connectivity index (χ3v) is 5.50. The highest BCUT2D eigenvalue weighted by molar-refractivity contribution is 6.24. The van der Waals surface area contributed by atoms with E-state index in [-0.39, 0.29) is 18.4 Å². The summed E-state index contributed by atoms with van der Waals surface area (Å²) in [5, 5.41) is 5.07. The van der Waals surface area contributed by atoms with Gasteiger partial charge in [-0.1, -0.05) is 0 Å². The van der Waals surface area contributed by atoms with Crippen molar-refractivity contribution in [1.29, 1.82) is 0 Å². The number of carbonyl (C=O) groups excluding carboxylic acids is 4. The average Bonchev–Trinajstić information content (AvgIpc) is 2.92. The Labute approximate surface area is 157 Å². The first-order chi connectivity index (χ1) is 13.3. The molecule has 0 aliphatic carbocycles. The fourth-order valence-electron chi connectivity index (χ4n) is 4.14. The fraction of sp³-hybridized carbons (Fsp3) is 0.444. The van der Waals surface area contributed by atoms with Crippen molar-refractivity contribution in [1.82, 2.24) is 15.5 Å². The highest BCUT2D eigenvalue weighted by Gasteiger charge is 2.49. The van der Waals surface area contributed by atoms with Crippen LogP contribution in [0.15, 0.2) is 0 Å². The van der Waals surface area contributed by atoms with Gasteiger partial charge in [0.05, 0.1) is 11.1 Å². The molecule has 3 heterocycles. The Morgan fingerprint density at radius 1 is 0.821 bits per heavy atom. The summed E-state index contributed by atoms with van der Waals surface area (Å²) >= 11 is 0. The van der Waals surface area contributed by atoms with Gasteiger partial charge < -0.3 is 5.32 Å². The molecule has 2 saturated heterocycles. The smallest absolute Gasteiger partial charge is 0.265 e. The molecule has 0 radical (unpaired) electrons. The van der Waals surface area contributed by atoms with E-state index in [0.717, 1.165) is 0 Å². The largest absolute Gasteiger partial charge is 0.317 e. The predicted octanol–water partition coefficient (Wildman–Crippen LogP) is 0.972. The molecule has 2 N–H and O–H groups in total. The van der Waals surface area contributed by atoms with Gasteiger partial charge in [-0.25, -0.2) is 13.2 Å². The number of rotatable bonds is 2. The van der Waals surface area contributed by atoms with E-state index < -0.39 is 64.2 Å². The molecule has 1 unspecified atom stereocenters. The summed E-state index contributed by atoms with van der Waals surface area (Å²) in [6.45, 7) is 0.994. The minimum Gasteiger partial charge on any atom is -0.317 e. The lowest BCUT2D eigenvalue weighted by Crippen LogP contribution is -2.54. The molecule has 0 aromatic heterocycles. The van der Waals surface area contributed by atoms with Crippen molar-refractivity contribution in [3.05, 3.63) is 34.1 Å². The maximum atomic E-state index is 14.7. The highest BCUT2D eigenvalue weighted by atomic mass is 19.2. The normalized spacial score (nSPS) is 23.2. The molecule has 0 spiro atoms. The molecule has 1 atom stereocenters. The zero-order valence-electron chi connectivity index (χ0n) is 14.6. The maximum Gasteiger partial charge on any atom is 0.265 e. The molecular formula is C18H16F3N3O4. The number of hydrogen-bond donors (Lipinski definition) is 2. The third-order valence-electron chi connectivity index (χ3n) is 5.50. The number of fused-ring (bicyclic) bond motifs is 1. The molecule has 0 saturated carbocycles. The summed E-state index contributed by atoms with van der Waals surface area (Å²) in [7, 11) is 0. The lowest BCUT2D eigenvalue weighted by molar-refractivity contribution is -0.136. The van der Waals surface area contributed by atoms with Crippen LogP contribution >= 0.6 is 0 Å². The molecule has 4 rings (SSSR count). The minimum absolute atomic E-state index is 0.115. The molecular weight excluding hydrogens is 379 g/mol. The van der Waals surface area contributed by atoms with Crippen molar-refractivity contribution in [2.45, 2.75) is 37.6 Å². The van der Waals surface area contributed by atoms with E-state index in [4.69, 9.17) is 0 Å². The molecule has 148 valence electrons. The van der Waals surface area contributed by atoms with E-state index >= 15 is 0 Å². The van der Waals surface area contributed by atoms with Gasteiger partial charge in [0, 0.05) is 12.0 Å². The molecule has 3 aliphatic rings. The number of benzene rings is 1. The second-order valence-corrected chi connectivity index (χ2v) is 7.08. The first-order valence-electron chi connectivity index (χ1n) is 8.95. The summed E-state index contributed by atoms with van der Waals surface area (Å²) in [5.74, 6) is -9.26. The van der Waals surface area contributed by atoms with Crippen LogP contribution in [0.25, 0.3) is 0 Å². The standard InChI is InChI=1S/C18H16F3N3O4/c19-13-10(7-3-5-22-6-4-7)11-12(14(20)15(13)21)18(28)24(17(11)27)8-1-2-9(25)23-16(8)26/h7-8,22H,1-6H2,(H,23,25,26). The third kappa shape index (κ3) is 2.62. The molecule has 10 heteroatoms. The second kappa shape index (κ2) is 6.69.